The molecule has 0 fully saturated rings. The lowest BCUT2D eigenvalue weighted by atomic mass is 10.2. The standard InChI is InChI=1S/C9H13N.C3H8O3S/c1-2-3-6-9-7-4-5-8-10-9;1-2-3-7(4,5)6/h4-5,7-8H,2-3,6H2,1H3;2-3H2,1H3,(H,4,5,6). The summed E-state index contributed by atoms with van der Waals surface area (Å²) in [5, 5.41) is 0. The molecule has 1 heterocycles. The van der Waals surface area contributed by atoms with Crippen LogP contribution in [0, 0.1) is 0 Å². The zero-order valence-corrected chi connectivity index (χ0v) is 11.3. The van der Waals surface area contributed by atoms with Crippen LogP contribution >= 0.6 is 0 Å². The Hall–Kier alpha value is -0.940. The Kier molecular flexibility index (Phi) is 8.62. The number of hydrogen-bond acceptors (Lipinski definition) is 3. The fraction of sp³-hybridized carbons (Fsp3) is 0.583. The molecule has 17 heavy (non-hydrogen) atoms. The van der Waals surface area contributed by atoms with Gasteiger partial charge in [0, 0.05) is 11.9 Å². The van der Waals surface area contributed by atoms with Gasteiger partial charge in [-0.25, -0.2) is 0 Å². The molecule has 0 atom stereocenters. The highest BCUT2D eigenvalue weighted by Crippen LogP contribution is 1.99. The Morgan fingerprint density at radius 2 is 1.94 bits per heavy atom. The largest absolute Gasteiger partial charge is 0.286 e. The van der Waals surface area contributed by atoms with Crippen LogP contribution in [0.4, 0.5) is 0 Å². The smallest absolute Gasteiger partial charge is 0.264 e. The molecule has 0 bridgehead atoms. The average Bonchev–Trinajstić information content (AvgIpc) is 2.27. The molecule has 0 radical (unpaired) electrons. The molecule has 1 rings (SSSR count). The number of unbranched alkanes of at least 4 members (excludes halogenated alkanes) is 1. The number of rotatable bonds is 5. The van der Waals surface area contributed by atoms with Gasteiger partial charge in [0.2, 0.25) is 0 Å². The van der Waals surface area contributed by atoms with Crippen LogP contribution in [0.1, 0.15) is 38.8 Å². The van der Waals surface area contributed by atoms with E-state index in [4.69, 9.17) is 4.55 Å². The number of aromatic nitrogens is 1. The van der Waals surface area contributed by atoms with Crippen molar-refractivity contribution in [2.45, 2.75) is 39.5 Å². The number of hydrogen-bond donors (Lipinski definition) is 1. The van der Waals surface area contributed by atoms with Crippen molar-refractivity contribution in [3.63, 3.8) is 0 Å². The molecule has 1 aromatic heterocycles. The maximum atomic E-state index is 9.79. The van der Waals surface area contributed by atoms with E-state index in [1.54, 1.807) is 6.92 Å². The zero-order chi connectivity index (χ0) is 13.1. The molecule has 0 aromatic carbocycles. The molecule has 0 aliphatic rings. The van der Waals surface area contributed by atoms with E-state index in [9.17, 15) is 8.42 Å². The van der Waals surface area contributed by atoms with Crippen molar-refractivity contribution in [1.82, 2.24) is 4.98 Å². The topological polar surface area (TPSA) is 67.3 Å². The molecule has 5 heteroatoms. The third-order valence-corrected chi connectivity index (χ3v) is 2.90. The van der Waals surface area contributed by atoms with Crippen LogP contribution in [0.5, 0.6) is 0 Å². The Morgan fingerprint density at radius 3 is 2.29 bits per heavy atom. The first-order chi connectivity index (χ1) is 7.99. The number of pyridine rings is 1. The molecule has 0 saturated carbocycles. The van der Waals surface area contributed by atoms with E-state index in [0.717, 1.165) is 6.42 Å². The molecule has 0 amide bonds. The van der Waals surface area contributed by atoms with E-state index >= 15 is 0 Å². The molecule has 0 spiro atoms. The molecule has 1 N–H and O–H groups in total. The lowest BCUT2D eigenvalue weighted by molar-refractivity contribution is 0.482. The van der Waals surface area contributed by atoms with Crippen LogP contribution in [-0.2, 0) is 16.5 Å². The van der Waals surface area contributed by atoms with Gasteiger partial charge in [-0.1, -0.05) is 26.3 Å². The van der Waals surface area contributed by atoms with Crippen LogP contribution in [0.15, 0.2) is 24.4 Å². The molecular formula is C12H21NO3S. The SMILES string of the molecule is CCCCc1ccccn1.CCCS(=O)(=O)O. The van der Waals surface area contributed by atoms with Gasteiger partial charge >= 0.3 is 0 Å². The predicted octanol–water partition coefficient (Wildman–Crippen LogP) is 2.71. The first-order valence-corrected chi connectivity index (χ1v) is 7.45. The molecule has 0 aliphatic carbocycles. The number of nitrogens with zero attached hydrogens (tertiary/aromatic N) is 1. The highest BCUT2D eigenvalue weighted by atomic mass is 32.2. The van der Waals surface area contributed by atoms with Gasteiger partial charge in [0.05, 0.1) is 5.75 Å². The normalized spacial score (nSPS) is 10.5. The quantitative estimate of drug-likeness (QED) is 0.826. The Bertz CT molecular complexity index is 376. The highest BCUT2D eigenvalue weighted by Gasteiger charge is 1.98. The fourth-order valence-electron chi connectivity index (χ4n) is 1.16. The van der Waals surface area contributed by atoms with Crippen LogP contribution in [0.3, 0.4) is 0 Å². The summed E-state index contributed by atoms with van der Waals surface area (Å²) >= 11 is 0. The lowest BCUT2D eigenvalue weighted by Gasteiger charge is -1.95. The van der Waals surface area contributed by atoms with E-state index in [1.807, 2.05) is 18.3 Å². The Morgan fingerprint density at radius 1 is 1.24 bits per heavy atom. The van der Waals surface area contributed by atoms with Crippen molar-refractivity contribution in [3.8, 4) is 0 Å². The molecule has 0 saturated heterocycles. The maximum Gasteiger partial charge on any atom is 0.264 e. The van der Waals surface area contributed by atoms with Gasteiger partial charge in [0.1, 0.15) is 0 Å². The van der Waals surface area contributed by atoms with Gasteiger partial charge < -0.3 is 0 Å². The summed E-state index contributed by atoms with van der Waals surface area (Å²) in [4.78, 5) is 4.22. The van der Waals surface area contributed by atoms with Gasteiger partial charge in [-0.15, -0.1) is 0 Å². The first kappa shape index (κ1) is 16.1. The van der Waals surface area contributed by atoms with Crippen molar-refractivity contribution in [2.75, 3.05) is 5.75 Å². The van der Waals surface area contributed by atoms with E-state index in [2.05, 4.69) is 18.0 Å². The van der Waals surface area contributed by atoms with Crippen molar-refractivity contribution in [1.29, 1.82) is 0 Å². The monoisotopic (exact) mass is 259 g/mol. The summed E-state index contributed by atoms with van der Waals surface area (Å²) < 4.78 is 27.6. The second-order valence-electron chi connectivity index (χ2n) is 3.71. The third kappa shape index (κ3) is 11.3. The first-order valence-electron chi connectivity index (χ1n) is 5.84. The second-order valence-corrected chi connectivity index (χ2v) is 5.28. The Labute approximate surface area is 104 Å². The summed E-state index contributed by atoms with van der Waals surface area (Å²) in [6, 6.07) is 6.07. The summed E-state index contributed by atoms with van der Waals surface area (Å²) in [6.45, 7) is 3.89. The third-order valence-electron chi connectivity index (χ3n) is 1.97. The van der Waals surface area contributed by atoms with Gasteiger partial charge in [-0.3, -0.25) is 9.54 Å². The van der Waals surface area contributed by atoms with E-state index < -0.39 is 10.1 Å². The van der Waals surface area contributed by atoms with E-state index in [0.29, 0.717) is 6.42 Å². The summed E-state index contributed by atoms with van der Waals surface area (Å²) in [6.07, 6.45) is 5.94. The van der Waals surface area contributed by atoms with Gasteiger partial charge in [-0.05, 0) is 31.4 Å². The fourth-order valence-corrected chi connectivity index (χ4v) is 1.68. The van der Waals surface area contributed by atoms with Gasteiger partial charge in [0.25, 0.3) is 10.1 Å². The second kappa shape index (κ2) is 9.13. The summed E-state index contributed by atoms with van der Waals surface area (Å²) in [5.41, 5.74) is 1.21. The van der Waals surface area contributed by atoms with Crippen molar-refractivity contribution >= 4 is 10.1 Å². The van der Waals surface area contributed by atoms with E-state index in [1.165, 1.54) is 18.5 Å². The van der Waals surface area contributed by atoms with Crippen LogP contribution in [0.2, 0.25) is 0 Å². The van der Waals surface area contributed by atoms with Crippen molar-refractivity contribution < 1.29 is 13.0 Å². The van der Waals surface area contributed by atoms with Crippen LogP contribution in [0.25, 0.3) is 0 Å². The minimum atomic E-state index is -3.67. The van der Waals surface area contributed by atoms with Crippen LogP contribution < -0.4 is 0 Å². The minimum absolute atomic E-state index is 0.132. The minimum Gasteiger partial charge on any atom is -0.286 e. The summed E-state index contributed by atoms with van der Waals surface area (Å²) in [5.74, 6) is -0.132. The molecule has 98 valence electrons. The number of aryl methyl sites for hydroxylation is 1. The maximum absolute atomic E-state index is 9.79. The zero-order valence-electron chi connectivity index (χ0n) is 10.5. The molecular weight excluding hydrogens is 238 g/mol. The molecule has 0 aliphatic heterocycles. The Balaban J connectivity index is 0.000000325. The lowest BCUT2D eigenvalue weighted by Crippen LogP contribution is -2.01. The van der Waals surface area contributed by atoms with Crippen molar-refractivity contribution in [2.24, 2.45) is 0 Å². The van der Waals surface area contributed by atoms with Gasteiger partial charge in [0.15, 0.2) is 0 Å². The highest BCUT2D eigenvalue weighted by molar-refractivity contribution is 7.85. The van der Waals surface area contributed by atoms with E-state index in [-0.39, 0.29) is 5.75 Å². The van der Waals surface area contributed by atoms with Crippen molar-refractivity contribution in [3.05, 3.63) is 30.1 Å². The van der Waals surface area contributed by atoms with Gasteiger partial charge in [-0.2, -0.15) is 8.42 Å². The average molecular weight is 259 g/mol. The molecule has 0 unspecified atom stereocenters. The summed E-state index contributed by atoms with van der Waals surface area (Å²) in [7, 11) is -3.67. The predicted molar refractivity (Wildman–Crippen MR) is 69.6 cm³/mol. The molecule has 1 aromatic rings. The van der Waals surface area contributed by atoms with Crippen LogP contribution in [-0.4, -0.2) is 23.7 Å². The molecule has 4 nitrogen and oxygen atoms in total.